The van der Waals surface area contributed by atoms with Gasteiger partial charge in [0.05, 0.1) is 0 Å². The van der Waals surface area contributed by atoms with Crippen molar-refractivity contribution in [2.24, 2.45) is 4.99 Å². The van der Waals surface area contributed by atoms with Gasteiger partial charge in [0, 0.05) is 26.3 Å². The van der Waals surface area contributed by atoms with Crippen LogP contribution < -0.4 is 8.70 Å². The van der Waals surface area contributed by atoms with Gasteiger partial charge in [0.25, 0.3) is 0 Å². The van der Waals surface area contributed by atoms with E-state index in [9.17, 15) is 0 Å². The molecule has 0 bridgehead atoms. The van der Waals surface area contributed by atoms with Gasteiger partial charge in [-0.3, -0.25) is 0 Å². The van der Waals surface area contributed by atoms with E-state index in [1.54, 1.807) is 6.20 Å². The molecule has 0 spiro atoms. The molecule has 9 aromatic rings. The van der Waals surface area contributed by atoms with Gasteiger partial charge in [-0.1, -0.05) is 12.1 Å². The molecule has 2 aromatic heterocycles. The standard InChI is InChI=1S/C43H35AsNO.C11H8N.Ir/c1-27(2)36-24-32(30-16-9-6-10-17-30)25-37(28(3)4)41(36)44-38-20-11-12-21-39(38)45-43(44)35-19-13-18-34-33-23-22-31(26-40(33)46-42(34)35)29-14-7-5-8-15-29;1-2-6-10(7-3-1)11-8-4-5-9-12-11;/h5-18,20-28H,1-4H3;1-6,8-9H;/q2*-1;. The molecule has 0 N–H and O–H groups in total. The van der Waals surface area contributed by atoms with Crippen LogP contribution in [0.2, 0.25) is 0 Å². The predicted molar refractivity (Wildman–Crippen MR) is 244 cm³/mol. The summed E-state index contributed by atoms with van der Waals surface area (Å²) in [6, 6.07) is 66.2. The molecule has 1 unspecified atom stereocenters. The fourth-order valence-electron chi connectivity index (χ4n) is 7.83. The Morgan fingerprint density at radius 1 is 0.559 bits per heavy atom. The summed E-state index contributed by atoms with van der Waals surface area (Å²) in [5.74, 6) is 0.726. The minimum Gasteiger partial charge on any atom is -0.305 e. The number of aromatic nitrogens is 1. The molecule has 0 amide bonds. The first-order valence-corrected chi connectivity index (χ1v) is 22.8. The van der Waals surface area contributed by atoms with Crippen molar-refractivity contribution in [3.8, 4) is 33.5 Å². The van der Waals surface area contributed by atoms with Crippen molar-refractivity contribution >= 4 is 55.5 Å². The van der Waals surface area contributed by atoms with Crippen LogP contribution in [0.25, 0.3) is 55.4 Å². The molecule has 0 saturated heterocycles. The summed E-state index contributed by atoms with van der Waals surface area (Å²) in [5.41, 5.74) is 13.6. The van der Waals surface area contributed by atoms with Gasteiger partial charge in [0.2, 0.25) is 0 Å². The molecule has 1 aliphatic heterocycles. The first kappa shape index (κ1) is 40.2. The summed E-state index contributed by atoms with van der Waals surface area (Å²) < 4.78 is 10.8. The number of hydrogen-bond acceptors (Lipinski definition) is 3. The molecule has 3 heterocycles. The second-order valence-corrected chi connectivity index (χ2v) is 19.4. The van der Waals surface area contributed by atoms with E-state index in [1.165, 1.54) is 36.5 Å². The van der Waals surface area contributed by atoms with Gasteiger partial charge in [-0.05, 0) is 11.8 Å². The van der Waals surface area contributed by atoms with Gasteiger partial charge in [-0.25, -0.2) is 0 Å². The number of furan rings is 1. The third-order valence-corrected chi connectivity index (χ3v) is 16.1. The minimum atomic E-state index is -2.14. The Bertz CT molecular complexity index is 2820. The molecular weight excluding hydrogens is 960 g/mol. The second-order valence-electron chi connectivity index (χ2n) is 15.2. The Kier molecular flexibility index (Phi) is 12.0. The van der Waals surface area contributed by atoms with Gasteiger partial charge in [-0.2, -0.15) is 0 Å². The van der Waals surface area contributed by atoms with E-state index in [2.05, 4.69) is 172 Å². The van der Waals surface area contributed by atoms with Crippen molar-refractivity contribution in [3.63, 3.8) is 0 Å². The zero-order valence-electron chi connectivity index (χ0n) is 33.5. The van der Waals surface area contributed by atoms with E-state index in [4.69, 9.17) is 9.41 Å². The van der Waals surface area contributed by atoms with Crippen molar-refractivity contribution in [1.29, 1.82) is 0 Å². The van der Waals surface area contributed by atoms with Crippen molar-refractivity contribution < 1.29 is 24.5 Å². The number of aliphatic imine (C=N–C) groups is 1. The van der Waals surface area contributed by atoms with Crippen LogP contribution in [0.3, 0.4) is 0 Å². The number of pyridine rings is 1. The summed E-state index contributed by atoms with van der Waals surface area (Å²) >= 11 is -2.14. The van der Waals surface area contributed by atoms with Crippen LogP contribution in [0.15, 0.2) is 185 Å². The van der Waals surface area contributed by atoms with Crippen molar-refractivity contribution in [2.75, 3.05) is 0 Å². The van der Waals surface area contributed by atoms with E-state index >= 15 is 0 Å². The summed E-state index contributed by atoms with van der Waals surface area (Å²) in [4.78, 5) is 9.65. The molecule has 7 aromatic carbocycles. The van der Waals surface area contributed by atoms with Crippen LogP contribution >= 0.6 is 0 Å². The van der Waals surface area contributed by atoms with Crippen molar-refractivity contribution in [2.45, 2.75) is 39.5 Å². The summed E-state index contributed by atoms with van der Waals surface area (Å²) in [6.07, 6.45) is 1.79. The van der Waals surface area contributed by atoms with Crippen molar-refractivity contribution in [3.05, 3.63) is 205 Å². The molecule has 5 heteroatoms. The summed E-state index contributed by atoms with van der Waals surface area (Å²) in [6.45, 7) is 9.34. The maximum Gasteiger partial charge on any atom is 0.0160 e. The second kappa shape index (κ2) is 17.7. The van der Waals surface area contributed by atoms with E-state index in [0.29, 0.717) is 11.8 Å². The van der Waals surface area contributed by atoms with E-state index in [1.807, 2.05) is 42.5 Å². The number of hydrogen-bond donors (Lipinski definition) is 0. The number of para-hydroxylation sites is 1. The molecule has 0 saturated carbocycles. The molecule has 0 aliphatic carbocycles. The smallest absolute Gasteiger partial charge is 0.0160 e. The van der Waals surface area contributed by atoms with E-state index in [-0.39, 0.29) is 20.1 Å². The van der Waals surface area contributed by atoms with Gasteiger partial charge in [0.15, 0.2) is 0 Å². The van der Waals surface area contributed by atoms with Crippen LogP contribution in [0.5, 0.6) is 0 Å². The van der Waals surface area contributed by atoms with Gasteiger partial charge >= 0.3 is 277 Å². The molecular formula is C54H43AsIrN2O-2. The number of benzene rings is 7. The van der Waals surface area contributed by atoms with Gasteiger partial charge in [-0.15, -0.1) is 35.9 Å². The summed E-state index contributed by atoms with van der Waals surface area (Å²) in [7, 11) is 0. The number of fused-ring (bicyclic) bond motifs is 4. The first-order valence-electron chi connectivity index (χ1n) is 20.0. The molecule has 1 aliphatic rings. The van der Waals surface area contributed by atoms with Crippen LogP contribution in [0.4, 0.5) is 5.69 Å². The maximum absolute atomic E-state index is 6.78. The quantitative estimate of drug-likeness (QED) is 0.118. The van der Waals surface area contributed by atoms with E-state index < -0.39 is 14.7 Å². The predicted octanol–water partition coefficient (Wildman–Crippen LogP) is 12.8. The average molecular weight is 1000 g/mol. The fourth-order valence-corrected chi connectivity index (χ4v) is 14.2. The van der Waals surface area contributed by atoms with Crippen LogP contribution in [-0.2, 0) is 20.1 Å². The Balaban J connectivity index is 0.000000319. The van der Waals surface area contributed by atoms with Gasteiger partial charge in [0.1, 0.15) is 0 Å². The van der Waals surface area contributed by atoms with Crippen LogP contribution in [0.1, 0.15) is 56.2 Å². The largest absolute Gasteiger partial charge is 0.305 e. The average Bonchev–Trinajstić information content (AvgIpc) is 3.86. The normalized spacial score (nSPS) is 13.2. The molecule has 59 heavy (non-hydrogen) atoms. The third-order valence-electron chi connectivity index (χ3n) is 10.7. The topological polar surface area (TPSA) is 38.4 Å². The number of nitrogens with zero attached hydrogens (tertiary/aromatic N) is 2. The molecule has 291 valence electrons. The molecule has 3 nitrogen and oxygen atoms in total. The first-order chi connectivity index (χ1) is 28.4. The van der Waals surface area contributed by atoms with Crippen molar-refractivity contribution in [1.82, 2.24) is 4.98 Å². The maximum atomic E-state index is 6.78. The zero-order chi connectivity index (χ0) is 39.6. The fraction of sp³-hybridized carbons (Fsp3) is 0.111. The SMILES string of the molecule is CC(C)c1cc(-c2ccccc2)cc(C(C)C)c1[As]1C(c2[c-]ccc3c2oc2cc(-c4ccccc4)ccc23)=Nc2ccccc21.[Ir].[c-]1ccccc1-c1ccccn1. The Hall–Kier alpha value is -5.63. The monoisotopic (exact) mass is 1000 g/mol. The molecule has 0 fully saturated rings. The molecule has 1 radical (unpaired) electrons. The van der Waals surface area contributed by atoms with Crippen LogP contribution in [0, 0.1) is 12.1 Å². The Morgan fingerprint density at radius 3 is 1.88 bits per heavy atom. The molecule has 10 rings (SSSR count). The molecule has 1 atom stereocenters. The van der Waals surface area contributed by atoms with Crippen LogP contribution in [-0.4, -0.2) is 24.1 Å². The van der Waals surface area contributed by atoms with Gasteiger partial charge < -0.3 is 4.98 Å². The Morgan fingerprint density at radius 2 is 1.22 bits per heavy atom. The zero-order valence-corrected chi connectivity index (χ0v) is 37.8. The number of rotatable bonds is 7. The Labute approximate surface area is 365 Å². The minimum absolute atomic E-state index is 0. The van der Waals surface area contributed by atoms with E-state index in [0.717, 1.165) is 54.5 Å². The third kappa shape index (κ3) is 8.06. The summed E-state index contributed by atoms with van der Waals surface area (Å²) in [5, 5.41) is 2.24.